The topological polar surface area (TPSA) is 238 Å². The molecular weight excluding hydrogens is 576 g/mol. The molecule has 0 amide bonds. The number of aromatic hydroxyl groups is 2. The van der Waals surface area contributed by atoms with E-state index in [-0.39, 0.29) is 34.0 Å². The Bertz CT molecular complexity index is 1490. The molecule has 0 radical (unpaired) electrons. The lowest BCUT2D eigenvalue weighted by Crippen LogP contribution is -2.64. The molecule has 0 bridgehead atoms. The van der Waals surface area contributed by atoms with Gasteiger partial charge in [0.2, 0.25) is 12.0 Å². The fourth-order valence-corrected chi connectivity index (χ4v) is 5.02. The van der Waals surface area contributed by atoms with Gasteiger partial charge in [-0.3, -0.25) is 4.79 Å². The van der Waals surface area contributed by atoms with Crippen LogP contribution in [0.2, 0.25) is 0 Å². The van der Waals surface area contributed by atoms with Gasteiger partial charge in [0.15, 0.2) is 29.3 Å². The molecule has 3 aromatic rings. The third kappa shape index (κ3) is 5.74. The predicted octanol–water partition coefficient (Wildman–Crippen LogP) is -1.09. The van der Waals surface area contributed by atoms with E-state index in [1.807, 2.05) is 0 Å². The summed E-state index contributed by atoms with van der Waals surface area (Å²) in [4.78, 5) is 13.0. The van der Waals surface area contributed by atoms with E-state index in [9.17, 15) is 45.6 Å². The molecule has 2 aliphatic rings. The quantitative estimate of drug-likeness (QED) is 0.159. The first-order chi connectivity index (χ1) is 20.4. The highest BCUT2D eigenvalue weighted by molar-refractivity contribution is 5.89. The average molecular weight is 609 g/mol. The monoisotopic (exact) mass is 608 g/mol. The Morgan fingerprint density at radius 1 is 0.860 bits per heavy atom. The SMILES string of the molecule is COc1c(O[C@@H]2O[C@H](CO)[C@@H](O)[C@H](O)[C@@H]2O[C@@H]2O[C@H](C)[C@H](O)[C@@H](O)[C@H]2O)cc2oc(-c3ccc(O)cc3)cc(=O)c2c1O. The Labute approximate surface area is 243 Å². The van der Waals surface area contributed by atoms with Crippen LogP contribution in [0.4, 0.5) is 0 Å². The number of phenols is 2. The zero-order valence-corrected chi connectivity index (χ0v) is 22.9. The number of aliphatic hydroxyl groups is 6. The van der Waals surface area contributed by atoms with Crippen LogP contribution in [0.1, 0.15) is 6.92 Å². The smallest absolute Gasteiger partial charge is 0.229 e. The number of methoxy groups -OCH3 is 1. The summed E-state index contributed by atoms with van der Waals surface area (Å²) in [6.45, 7) is 0.664. The molecule has 8 N–H and O–H groups in total. The van der Waals surface area contributed by atoms with Gasteiger partial charge in [0, 0.05) is 17.7 Å². The number of ether oxygens (including phenoxy) is 5. The first-order valence-corrected chi connectivity index (χ1v) is 13.3. The lowest BCUT2D eigenvalue weighted by molar-refractivity contribution is -0.354. The van der Waals surface area contributed by atoms with Crippen LogP contribution in [-0.2, 0) is 14.2 Å². The van der Waals surface area contributed by atoms with Crippen LogP contribution in [0.5, 0.6) is 23.0 Å². The van der Waals surface area contributed by atoms with Crippen molar-refractivity contribution >= 4 is 11.0 Å². The van der Waals surface area contributed by atoms with Crippen molar-refractivity contribution in [2.45, 2.75) is 68.3 Å². The van der Waals surface area contributed by atoms with Gasteiger partial charge in [-0.25, -0.2) is 0 Å². The molecule has 43 heavy (non-hydrogen) atoms. The van der Waals surface area contributed by atoms with Crippen molar-refractivity contribution in [3.8, 4) is 34.3 Å². The summed E-state index contributed by atoms with van der Waals surface area (Å²) in [5.74, 6) is -1.16. The third-order valence-electron chi connectivity index (χ3n) is 7.44. The number of hydrogen-bond donors (Lipinski definition) is 8. The van der Waals surface area contributed by atoms with Gasteiger partial charge in [0.25, 0.3) is 0 Å². The number of hydrogen-bond acceptors (Lipinski definition) is 15. The van der Waals surface area contributed by atoms with E-state index >= 15 is 0 Å². The largest absolute Gasteiger partial charge is 0.508 e. The van der Waals surface area contributed by atoms with Gasteiger partial charge in [0.05, 0.1) is 19.8 Å². The molecule has 2 aliphatic heterocycles. The fourth-order valence-electron chi connectivity index (χ4n) is 5.02. The number of fused-ring (bicyclic) bond motifs is 1. The molecule has 234 valence electrons. The van der Waals surface area contributed by atoms with Gasteiger partial charge >= 0.3 is 0 Å². The highest BCUT2D eigenvalue weighted by atomic mass is 16.8. The summed E-state index contributed by atoms with van der Waals surface area (Å²) >= 11 is 0. The molecule has 2 saturated heterocycles. The fraction of sp³-hybridized carbons (Fsp3) is 0.464. The van der Waals surface area contributed by atoms with Crippen LogP contribution in [0.25, 0.3) is 22.3 Å². The maximum Gasteiger partial charge on any atom is 0.229 e. The van der Waals surface area contributed by atoms with E-state index in [1.165, 1.54) is 44.4 Å². The minimum absolute atomic E-state index is 0.00557. The van der Waals surface area contributed by atoms with Crippen molar-refractivity contribution in [2.75, 3.05) is 13.7 Å². The number of phenolic OH excluding ortho intramolecular Hbond substituents is 2. The maximum absolute atomic E-state index is 13.0. The van der Waals surface area contributed by atoms with Crippen LogP contribution in [0.3, 0.4) is 0 Å². The summed E-state index contributed by atoms with van der Waals surface area (Å²) in [5.41, 5.74) is -0.332. The summed E-state index contributed by atoms with van der Waals surface area (Å²) in [5, 5.41) is 82.1. The number of benzene rings is 2. The molecule has 15 heteroatoms. The average Bonchev–Trinajstić information content (AvgIpc) is 2.98. The van der Waals surface area contributed by atoms with Crippen LogP contribution in [-0.4, -0.2) is 116 Å². The molecular formula is C28H32O15. The van der Waals surface area contributed by atoms with Gasteiger partial charge in [-0.2, -0.15) is 0 Å². The lowest BCUT2D eigenvalue weighted by atomic mass is 9.97. The minimum atomic E-state index is -1.80. The second-order valence-electron chi connectivity index (χ2n) is 10.3. The summed E-state index contributed by atoms with van der Waals surface area (Å²) in [6.07, 6.45) is -15.7. The van der Waals surface area contributed by atoms with Crippen molar-refractivity contribution in [1.82, 2.24) is 0 Å². The zero-order valence-electron chi connectivity index (χ0n) is 22.9. The second-order valence-corrected chi connectivity index (χ2v) is 10.3. The Morgan fingerprint density at radius 3 is 2.21 bits per heavy atom. The summed E-state index contributed by atoms with van der Waals surface area (Å²) in [7, 11) is 1.19. The molecule has 10 atom stereocenters. The molecule has 2 fully saturated rings. The lowest BCUT2D eigenvalue weighted by Gasteiger charge is -2.45. The van der Waals surface area contributed by atoms with Crippen molar-refractivity contribution in [3.05, 3.63) is 46.6 Å². The number of aliphatic hydroxyl groups excluding tert-OH is 6. The van der Waals surface area contributed by atoms with Crippen LogP contribution >= 0.6 is 0 Å². The number of rotatable bonds is 7. The Balaban J connectivity index is 1.54. The normalized spacial score (nSPS) is 32.9. The van der Waals surface area contributed by atoms with E-state index in [2.05, 4.69) is 0 Å². The summed E-state index contributed by atoms with van der Waals surface area (Å²) in [6, 6.07) is 8.17. The standard InChI is InChI=1S/C28H32O15/c1-10-19(32)22(35)24(37)27(39-10)43-26-23(36)20(33)17(9-29)42-28(26)41-16-8-15-18(21(34)25(16)38-2)13(31)7-14(40-15)11-3-5-12(30)6-4-11/h3-8,10,17,19-20,22-24,26-30,32-37H,9H2,1-2H3/t10-,17-,19+,20-,22-,23+,24-,26+,27+,28-/m1/s1. The molecule has 1 aromatic heterocycles. The Morgan fingerprint density at radius 2 is 1.56 bits per heavy atom. The predicted molar refractivity (Wildman–Crippen MR) is 143 cm³/mol. The van der Waals surface area contributed by atoms with E-state index < -0.39 is 79.2 Å². The highest BCUT2D eigenvalue weighted by Crippen LogP contribution is 2.44. The second kappa shape index (κ2) is 12.2. The zero-order chi connectivity index (χ0) is 31.2. The van der Waals surface area contributed by atoms with Gasteiger partial charge in [0.1, 0.15) is 59.1 Å². The van der Waals surface area contributed by atoms with Gasteiger partial charge < -0.3 is 69.0 Å². The van der Waals surface area contributed by atoms with Crippen molar-refractivity contribution in [3.63, 3.8) is 0 Å². The Kier molecular flexibility index (Phi) is 8.80. The highest BCUT2D eigenvalue weighted by Gasteiger charge is 2.51. The maximum atomic E-state index is 13.0. The van der Waals surface area contributed by atoms with E-state index in [0.29, 0.717) is 5.56 Å². The Hall–Kier alpha value is -3.51. The van der Waals surface area contributed by atoms with E-state index in [0.717, 1.165) is 6.07 Å². The molecule has 3 heterocycles. The summed E-state index contributed by atoms with van der Waals surface area (Å²) < 4.78 is 33.9. The molecule has 0 unspecified atom stereocenters. The minimum Gasteiger partial charge on any atom is -0.508 e. The van der Waals surface area contributed by atoms with Gasteiger partial charge in [-0.1, -0.05) is 0 Å². The molecule has 2 aromatic carbocycles. The first-order valence-electron chi connectivity index (χ1n) is 13.3. The van der Waals surface area contributed by atoms with Crippen molar-refractivity contribution in [2.24, 2.45) is 0 Å². The van der Waals surface area contributed by atoms with Crippen LogP contribution < -0.4 is 14.9 Å². The molecule has 15 nitrogen and oxygen atoms in total. The van der Waals surface area contributed by atoms with Crippen LogP contribution in [0.15, 0.2) is 45.6 Å². The molecule has 0 saturated carbocycles. The van der Waals surface area contributed by atoms with E-state index in [4.69, 9.17) is 28.1 Å². The van der Waals surface area contributed by atoms with Crippen molar-refractivity contribution < 1.29 is 69.0 Å². The van der Waals surface area contributed by atoms with Crippen molar-refractivity contribution in [1.29, 1.82) is 0 Å². The van der Waals surface area contributed by atoms with Gasteiger partial charge in [-0.05, 0) is 31.2 Å². The third-order valence-corrected chi connectivity index (χ3v) is 7.44. The molecule has 5 rings (SSSR count). The first kappa shape index (κ1) is 30.9. The molecule has 0 aliphatic carbocycles. The van der Waals surface area contributed by atoms with Crippen LogP contribution in [0, 0.1) is 0 Å². The van der Waals surface area contributed by atoms with E-state index in [1.54, 1.807) is 0 Å². The molecule has 0 spiro atoms. The van der Waals surface area contributed by atoms with Gasteiger partial charge in [-0.15, -0.1) is 0 Å².